The average Bonchev–Trinajstić information content (AvgIpc) is 3.33. The third-order valence-corrected chi connectivity index (χ3v) is 5.60. The van der Waals surface area contributed by atoms with Crippen molar-refractivity contribution in [1.29, 1.82) is 0 Å². The molecule has 20 heavy (non-hydrogen) atoms. The van der Waals surface area contributed by atoms with Gasteiger partial charge in [0.1, 0.15) is 0 Å². The average molecular weight is 272 g/mol. The predicted molar refractivity (Wildman–Crippen MR) is 84.4 cm³/mol. The summed E-state index contributed by atoms with van der Waals surface area (Å²) < 4.78 is 0. The van der Waals surface area contributed by atoms with Crippen LogP contribution in [-0.2, 0) is 6.54 Å². The highest BCUT2D eigenvalue weighted by atomic mass is 15.2. The molecule has 0 bridgehead atoms. The molecule has 2 aliphatic rings. The summed E-state index contributed by atoms with van der Waals surface area (Å²) in [5, 5.41) is 0. The van der Waals surface area contributed by atoms with E-state index in [-0.39, 0.29) is 5.54 Å². The molecule has 1 aromatic rings. The van der Waals surface area contributed by atoms with Gasteiger partial charge in [-0.05, 0) is 50.1 Å². The van der Waals surface area contributed by atoms with Gasteiger partial charge >= 0.3 is 0 Å². The van der Waals surface area contributed by atoms with E-state index in [4.69, 9.17) is 5.73 Å². The van der Waals surface area contributed by atoms with Gasteiger partial charge in [-0.25, -0.2) is 0 Å². The van der Waals surface area contributed by atoms with E-state index in [2.05, 4.69) is 42.3 Å². The van der Waals surface area contributed by atoms with Crippen LogP contribution in [-0.4, -0.2) is 24.0 Å². The van der Waals surface area contributed by atoms with Crippen molar-refractivity contribution in [3.05, 3.63) is 35.9 Å². The van der Waals surface area contributed by atoms with Gasteiger partial charge < -0.3 is 5.73 Å². The van der Waals surface area contributed by atoms with Gasteiger partial charge in [0.2, 0.25) is 0 Å². The van der Waals surface area contributed by atoms with Crippen molar-refractivity contribution in [2.45, 2.75) is 50.6 Å². The molecule has 2 heteroatoms. The Morgan fingerprint density at radius 2 is 1.90 bits per heavy atom. The Hall–Kier alpha value is -0.860. The van der Waals surface area contributed by atoms with E-state index in [0.29, 0.717) is 0 Å². The lowest BCUT2D eigenvalue weighted by molar-refractivity contribution is 0.0459. The first-order valence-corrected chi connectivity index (χ1v) is 8.19. The van der Waals surface area contributed by atoms with Crippen molar-refractivity contribution in [2.24, 2.45) is 17.6 Å². The second-order valence-electron chi connectivity index (χ2n) is 6.96. The maximum Gasteiger partial charge on any atom is 0.0334 e. The van der Waals surface area contributed by atoms with Crippen LogP contribution >= 0.6 is 0 Å². The van der Waals surface area contributed by atoms with Crippen molar-refractivity contribution >= 4 is 0 Å². The maximum absolute atomic E-state index is 6.23. The van der Waals surface area contributed by atoms with Crippen LogP contribution in [0.2, 0.25) is 0 Å². The zero-order chi connectivity index (χ0) is 14.0. The Bertz CT molecular complexity index is 426. The van der Waals surface area contributed by atoms with Crippen LogP contribution in [0.4, 0.5) is 0 Å². The van der Waals surface area contributed by atoms with Gasteiger partial charge in [-0.2, -0.15) is 0 Å². The van der Waals surface area contributed by atoms with E-state index in [0.717, 1.165) is 24.9 Å². The van der Waals surface area contributed by atoms with Crippen molar-refractivity contribution < 1.29 is 0 Å². The number of hydrogen-bond donors (Lipinski definition) is 1. The first kappa shape index (κ1) is 14.1. The van der Waals surface area contributed by atoms with Gasteiger partial charge in [0.15, 0.2) is 0 Å². The molecule has 0 radical (unpaired) electrons. The number of rotatable bonds is 5. The fourth-order valence-corrected chi connectivity index (χ4v) is 4.07. The number of nitrogens with zero attached hydrogens (tertiary/aromatic N) is 1. The van der Waals surface area contributed by atoms with Gasteiger partial charge in [-0.3, -0.25) is 4.90 Å². The largest absolute Gasteiger partial charge is 0.329 e. The molecule has 3 rings (SSSR count). The summed E-state index contributed by atoms with van der Waals surface area (Å²) in [5.41, 5.74) is 7.87. The third-order valence-electron chi connectivity index (χ3n) is 5.60. The van der Waals surface area contributed by atoms with E-state index in [1.54, 1.807) is 0 Å². The SMILES string of the molecule is CN(Cc1ccccc1)C1(CN)CCCC(C2CC2)C1. The summed E-state index contributed by atoms with van der Waals surface area (Å²) in [6.07, 6.45) is 8.32. The molecule has 2 atom stereocenters. The van der Waals surface area contributed by atoms with Gasteiger partial charge in [0.25, 0.3) is 0 Å². The predicted octanol–water partition coefficient (Wildman–Crippen LogP) is 3.42. The number of nitrogens with two attached hydrogens (primary N) is 1. The fraction of sp³-hybridized carbons (Fsp3) is 0.667. The lowest BCUT2D eigenvalue weighted by atomic mass is 9.73. The summed E-state index contributed by atoms with van der Waals surface area (Å²) in [4.78, 5) is 2.54. The second kappa shape index (κ2) is 5.87. The molecular formula is C18H28N2. The van der Waals surface area contributed by atoms with E-state index in [1.807, 2.05) is 0 Å². The molecule has 0 heterocycles. The van der Waals surface area contributed by atoms with Crippen molar-refractivity contribution in [1.82, 2.24) is 4.90 Å². The molecule has 2 saturated carbocycles. The third kappa shape index (κ3) is 2.91. The molecule has 2 aliphatic carbocycles. The normalized spacial score (nSPS) is 30.6. The van der Waals surface area contributed by atoms with E-state index in [1.165, 1.54) is 44.1 Å². The summed E-state index contributed by atoms with van der Waals surface area (Å²) in [6.45, 7) is 1.83. The molecule has 2 N–H and O–H groups in total. The molecule has 2 unspecified atom stereocenters. The standard InChI is InChI=1S/C18H28N2/c1-20(13-15-6-3-2-4-7-15)18(14-19)11-5-8-17(12-18)16-9-10-16/h2-4,6-7,16-17H,5,8-14,19H2,1H3. The minimum atomic E-state index is 0.237. The van der Waals surface area contributed by atoms with E-state index >= 15 is 0 Å². The Morgan fingerprint density at radius 3 is 2.55 bits per heavy atom. The summed E-state index contributed by atoms with van der Waals surface area (Å²) in [7, 11) is 2.27. The molecule has 110 valence electrons. The first-order valence-electron chi connectivity index (χ1n) is 8.19. The Labute approximate surface area is 123 Å². The monoisotopic (exact) mass is 272 g/mol. The highest BCUT2D eigenvalue weighted by molar-refractivity contribution is 5.15. The maximum atomic E-state index is 6.23. The van der Waals surface area contributed by atoms with Crippen LogP contribution in [0, 0.1) is 11.8 Å². The van der Waals surface area contributed by atoms with Crippen LogP contribution in [0.15, 0.2) is 30.3 Å². The van der Waals surface area contributed by atoms with Crippen LogP contribution in [0.3, 0.4) is 0 Å². The van der Waals surface area contributed by atoms with Crippen LogP contribution in [0.25, 0.3) is 0 Å². The number of benzene rings is 1. The highest BCUT2D eigenvalue weighted by Crippen LogP contribution is 2.47. The Morgan fingerprint density at radius 1 is 1.15 bits per heavy atom. The minimum absolute atomic E-state index is 0.237. The number of likely N-dealkylation sites (N-methyl/N-ethyl adjacent to an activating group) is 1. The van der Waals surface area contributed by atoms with Gasteiger partial charge in [0.05, 0.1) is 0 Å². The molecule has 0 saturated heterocycles. The van der Waals surface area contributed by atoms with Gasteiger partial charge in [0, 0.05) is 18.6 Å². The topological polar surface area (TPSA) is 29.3 Å². The second-order valence-corrected chi connectivity index (χ2v) is 6.96. The Kier molecular flexibility index (Phi) is 4.13. The minimum Gasteiger partial charge on any atom is -0.329 e. The molecule has 0 amide bonds. The van der Waals surface area contributed by atoms with Crippen molar-refractivity contribution in [3.8, 4) is 0 Å². The molecule has 0 aromatic heterocycles. The number of hydrogen-bond acceptors (Lipinski definition) is 2. The van der Waals surface area contributed by atoms with E-state index in [9.17, 15) is 0 Å². The van der Waals surface area contributed by atoms with Crippen LogP contribution in [0.5, 0.6) is 0 Å². The van der Waals surface area contributed by atoms with Crippen molar-refractivity contribution in [2.75, 3.05) is 13.6 Å². The van der Waals surface area contributed by atoms with E-state index < -0.39 is 0 Å². The zero-order valence-electron chi connectivity index (χ0n) is 12.7. The van der Waals surface area contributed by atoms with Crippen LogP contribution < -0.4 is 5.73 Å². The van der Waals surface area contributed by atoms with Crippen molar-refractivity contribution in [3.63, 3.8) is 0 Å². The molecule has 1 aromatic carbocycles. The molecule has 2 nitrogen and oxygen atoms in total. The van der Waals surface area contributed by atoms with Gasteiger partial charge in [-0.15, -0.1) is 0 Å². The lowest BCUT2D eigenvalue weighted by Crippen LogP contribution is -2.54. The molecule has 0 spiro atoms. The quantitative estimate of drug-likeness (QED) is 0.890. The smallest absolute Gasteiger partial charge is 0.0334 e. The zero-order valence-corrected chi connectivity index (χ0v) is 12.7. The summed E-state index contributed by atoms with van der Waals surface area (Å²) >= 11 is 0. The van der Waals surface area contributed by atoms with Gasteiger partial charge in [-0.1, -0.05) is 43.2 Å². The fourth-order valence-electron chi connectivity index (χ4n) is 4.07. The molecular weight excluding hydrogens is 244 g/mol. The molecule has 2 fully saturated rings. The Balaban J connectivity index is 1.70. The summed E-state index contributed by atoms with van der Waals surface area (Å²) in [5.74, 6) is 1.96. The van der Waals surface area contributed by atoms with Crippen LogP contribution in [0.1, 0.15) is 44.1 Å². The molecule has 0 aliphatic heterocycles. The lowest BCUT2D eigenvalue weighted by Gasteiger charge is -2.47. The highest BCUT2D eigenvalue weighted by Gasteiger charge is 2.43. The summed E-state index contributed by atoms with van der Waals surface area (Å²) in [6, 6.07) is 10.8. The first-order chi connectivity index (χ1) is 9.73.